The number of carbonyl (C=O) groups excluding carboxylic acids is 1. The maximum absolute atomic E-state index is 13.3. The van der Waals surface area contributed by atoms with Crippen LogP contribution in [0.4, 0.5) is 5.69 Å². The topological polar surface area (TPSA) is 20.3 Å². The summed E-state index contributed by atoms with van der Waals surface area (Å²) in [6, 6.07) is 23.8. The lowest BCUT2D eigenvalue weighted by Crippen LogP contribution is -2.46. The van der Waals surface area contributed by atoms with Gasteiger partial charge in [-0.15, -0.1) is 0 Å². The van der Waals surface area contributed by atoms with E-state index in [0.717, 1.165) is 22.0 Å². The third kappa shape index (κ3) is 2.98. The first-order valence-electron chi connectivity index (χ1n) is 7.86. The molecule has 3 rings (SSSR count). The zero-order chi connectivity index (χ0) is 16.4. The molecule has 0 aromatic heterocycles. The van der Waals surface area contributed by atoms with E-state index in [1.54, 1.807) is 0 Å². The predicted molar refractivity (Wildman–Crippen MR) is 97.0 cm³/mol. The van der Waals surface area contributed by atoms with Crippen molar-refractivity contribution in [2.75, 3.05) is 4.90 Å². The van der Waals surface area contributed by atoms with Gasteiger partial charge in [0.15, 0.2) is 0 Å². The van der Waals surface area contributed by atoms with Crippen LogP contribution in [-0.2, 0) is 0 Å². The first-order chi connectivity index (χ1) is 11.0. The maximum Gasteiger partial charge on any atom is 0.259 e. The quantitative estimate of drug-likeness (QED) is 0.630. The van der Waals surface area contributed by atoms with E-state index >= 15 is 0 Å². The molecule has 2 nitrogen and oxygen atoms in total. The van der Waals surface area contributed by atoms with Crippen molar-refractivity contribution in [3.05, 3.63) is 78.4 Å². The second-order valence-corrected chi connectivity index (χ2v) is 6.67. The van der Waals surface area contributed by atoms with Gasteiger partial charge >= 0.3 is 0 Å². The Balaban J connectivity index is 2.15. The summed E-state index contributed by atoms with van der Waals surface area (Å²) in [7, 11) is 0. The van der Waals surface area contributed by atoms with Crippen LogP contribution in [0.15, 0.2) is 72.8 Å². The number of amides is 1. The second kappa shape index (κ2) is 5.88. The minimum absolute atomic E-state index is 0.0282. The van der Waals surface area contributed by atoms with Gasteiger partial charge in [0, 0.05) is 16.8 Å². The Morgan fingerprint density at radius 2 is 1.39 bits per heavy atom. The van der Waals surface area contributed by atoms with Crippen molar-refractivity contribution in [2.24, 2.45) is 0 Å². The molecule has 0 heterocycles. The Morgan fingerprint density at radius 1 is 0.783 bits per heavy atom. The van der Waals surface area contributed by atoms with E-state index in [2.05, 4.69) is 20.8 Å². The van der Waals surface area contributed by atoms with Crippen LogP contribution < -0.4 is 4.90 Å². The van der Waals surface area contributed by atoms with E-state index in [1.165, 1.54) is 0 Å². The average Bonchev–Trinajstić information content (AvgIpc) is 2.54. The standard InChI is InChI=1S/C21H21NO/c1-21(2,3)22(17-12-5-4-6-13-17)20(23)19-15-9-11-16-10-7-8-14-18(16)19/h4-15H,1-3H3. The Kier molecular flexibility index (Phi) is 3.91. The summed E-state index contributed by atoms with van der Waals surface area (Å²) in [5.74, 6) is 0.0282. The average molecular weight is 303 g/mol. The van der Waals surface area contributed by atoms with Gasteiger partial charge in [-0.25, -0.2) is 0 Å². The van der Waals surface area contributed by atoms with Crippen LogP contribution in [0.1, 0.15) is 31.1 Å². The van der Waals surface area contributed by atoms with Crippen LogP contribution in [-0.4, -0.2) is 11.4 Å². The molecule has 116 valence electrons. The molecule has 0 fully saturated rings. The van der Waals surface area contributed by atoms with Gasteiger partial charge in [-0.3, -0.25) is 4.79 Å². The highest BCUT2D eigenvalue weighted by atomic mass is 16.2. The molecule has 0 atom stereocenters. The summed E-state index contributed by atoms with van der Waals surface area (Å²) in [6.07, 6.45) is 0. The number of anilines is 1. The van der Waals surface area contributed by atoms with Gasteiger partial charge in [0.25, 0.3) is 5.91 Å². The highest BCUT2D eigenvalue weighted by Crippen LogP contribution is 2.28. The number of rotatable bonds is 2. The van der Waals surface area contributed by atoms with Crippen molar-refractivity contribution < 1.29 is 4.79 Å². The molecule has 0 aliphatic carbocycles. The summed E-state index contributed by atoms with van der Waals surface area (Å²) < 4.78 is 0. The summed E-state index contributed by atoms with van der Waals surface area (Å²) in [6.45, 7) is 6.18. The maximum atomic E-state index is 13.3. The van der Waals surface area contributed by atoms with Gasteiger partial charge in [-0.2, -0.15) is 0 Å². The molecule has 0 radical (unpaired) electrons. The third-order valence-corrected chi connectivity index (χ3v) is 3.91. The van der Waals surface area contributed by atoms with Crippen molar-refractivity contribution in [3.63, 3.8) is 0 Å². The van der Waals surface area contributed by atoms with Gasteiger partial charge in [0.1, 0.15) is 0 Å². The summed E-state index contributed by atoms with van der Waals surface area (Å²) >= 11 is 0. The molecule has 0 bridgehead atoms. The number of benzene rings is 3. The van der Waals surface area contributed by atoms with Crippen molar-refractivity contribution in [1.82, 2.24) is 0 Å². The molecule has 2 heteroatoms. The Morgan fingerprint density at radius 3 is 2.09 bits per heavy atom. The minimum atomic E-state index is -0.310. The SMILES string of the molecule is CC(C)(C)N(C(=O)c1cccc2ccccc12)c1ccccc1. The zero-order valence-electron chi connectivity index (χ0n) is 13.8. The van der Waals surface area contributed by atoms with E-state index in [9.17, 15) is 4.79 Å². The van der Waals surface area contributed by atoms with Gasteiger partial charge in [-0.05, 0) is 49.7 Å². The van der Waals surface area contributed by atoms with Crippen molar-refractivity contribution in [2.45, 2.75) is 26.3 Å². The van der Waals surface area contributed by atoms with Crippen LogP contribution in [0.5, 0.6) is 0 Å². The molecular formula is C21H21NO. The zero-order valence-corrected chi connectivity index (χ0v) is 13.8. The molecule has 0 aliphatic rings. The lowest BCUT2D eigenvalue weighted by molar-refractivity contribution is 0.0967. The smallest absolute Gasteiger partial charge is 0.259 e. The molecule has 0 saturated heterocycles. The van der Waals surface area contributed by atoms with Crippen LogP contribution in [0.3, 0.4) is 0 Å². The number of carbonyl (C=O) groups is 1. The molecule has 1 amide bonds. The number of para-hydroxylation sites is 1. The van der Waals surface area contributed by atoms with E-state index in [4.69, 9.17) is 0 Å². The van der Waals surface area contributed by atoms with E-state index in [-0.39, 0.29) is 11.4 Å². The molecule has 23 heavy (non-hydrogen) atoms. The van der Waals surface area contributed by atoms with Crippen LogP contribution in [0.2, 0.25) is 0 Å². The lowest BCUT2D eigenvalue weighted by Gasteiger charge is -2.36. The first-order valence-corrected chi connectivity index (χ1v) is 7.86. The summed E-state index contributed by atoms with van der Waals surface area (Å²) in [5, 5.41) is 2.07. The molecule has 0 spiro atoms. The lowest BCUT2D eigenvalue weighted by atomic mass is 9.99. The highest BCUT2D eigenvalue weighted by Gasteiger charge is 2.29. The van der Waals surface area contributed by atoms with E-state index in [1.807, 2.05) is 77.7 Å². The Bertz CT molecular complexity index is 826. The Hall–Kier alpha value is -2.61. The molecular weight excluding hydrogens is 282 g/mol. The van der Waals surface area contributed by atoms with Gasteiger partial charge < -0.3 is 4.90 Å². The fraction of sp³-hybridized carbons (Fsp3) is 0.190. The van der Waals surface area contributed by atoms with Crippen LogP contribution in [0.25, 0.3) is 10.8 Å². The highest BCUT2D eigenvalue weighted by molar-refractivity contribution is 6.14. The van der Waals surface area contributed by atoms with Crippen molar-refractivity contribution >= 4 is 22.4 Å². The van der Waals surface area contributed by atoms with Crippen LogP contribution >= 0.6 is 0 Å². The summed E-state index contributed by atoms with van der Waals surface area (Å²) in [5.41, 5.74) is 1.34. The monoisotopic (exact) mass is 303 g/mol. The normalized spacial score (nSPS) is 11.4. The molecule has 0 N–H and O–H groups in total. The van der Waals surface area contributed by atoms with Crippen molar-refractivity contribution in [1.29, 1.82) is 0 Å². The van der Waals surface area contributed by atoms with Crippen molar-refractivity contribution in [3.8, 4) is 0 Å². The van der Waals surface area contributed by atoms with Gasteiger partial charge in [0.2, 0.25) is 0 Å². The third-order valence-electron chi connectivity index (χ3n) is 3.91. The molecule has 3 aromatic carbocycles. The summed E-state index contributed by atoms with van der Waals surface area (Å²) in [4.78, 5) is 15.2. The molecule has 3 aromatic rings. The molecule has 0 saturated carbocycles. The second-order valence-electron chi connectivity index (χ2n) is 6.67. The number of fused-ring (bicyclic) bond motifs is 1. The number of hydrogen-bond acceptors (Lipinski definition) is 1. The van der Waals surface area contributed by atoms with Crippen LogP contribution in [0, 0.1) is 0 Å². The number of nitrogens with zero attached hydrogens (tertiary/aromatic N) is 1. The molecule has 0 unspecified atom stereocenters. The largest absolute Gasteiger partial charge is 0.303 e. The fourth-order valence-corrected chi connectivity index (χ4v) is 2.92. The van der Waals surface area contributed by atoms with Gasteiger partial charge in [0.05, 0.1) is 0 Å². The first kappa shape index (κ1) is 15.3. The molecule has 0 aliphatic heterocycles. The Labute approximate surface area is 137 Å². The fourth-order valence-electron chi connectivity index (χ4n) is 2.92. The van der Waals surface area contributed by atoms with E-state index < -0.39 is 0 Å². The van der Waals surface area contributed by atoms with Gasteiger partial charge in [-0.1, -0.05) is 54.6 Å². The number of hydrogen-bond donors (Lipinski definition) is 0. The predicted octanol–water partition coefficient (Wildman–Crippen LogP) is 5.29. The van der Waals surface area contributed by atoms with E-state index in [0.29, 0.717) is 0 Å². The minimum Gasteiger partial charge on any atom is -0.303 e.